The van der Waals surface area contributed by atoms with Crippen LogP contribution in [0.25, 0.3) is 0 Å². The van der Waals surface area contributed by atoms with Crippen LogP contribution in [0, 0.1) is 0 Å². The molecule has 246 valence electrons. The number of unbranched alkanes of at least 4 members (excludes halogenated alkanes) is 20. The Hall–Kier alpha value is -0.500. The average molecular weight is 608 g/mol. The van der Waals surface area contributed by atoms with E-state index in [-0.39, 0.29) is 32.3 Å². The van der Waals surface area contributed by atoms with Crippen LogP contribution in [0.3, 0.4) is 0 Å². The zero-order valence-corrected chi connectivity index (χ0v) is 27.7. The molecule has 2 unspecified atom stereocenters. The van der Waals surface area contributed by atoms with Gasteiger partial charge in [0.15, 0.2) is 0 Å². The number of esters is 1. The zero-order chi connectivity index (χ0) is 30.3. The lowest BCUT2D eigenvalue weighted by atomic mass is 10.0. The summed E-state index contributed by atoms with van der Waals surface area (Å²) in [6, 6.07) is 0. The number of phosphoric acid groups is 1. The molecule has 0 heterocycles. The van der Waals surface area contributed by atoms with Crippen molar-refractivity contribution in [1.29, 1.82) is 0 Å². The monoisotopic (exact) mass is 607 g/mol. The Labute approximate surface area is 252 Å². The van der Waals surface area contributed by atoms with Crippen LogP contribution in [0.15, 0.2) is 0 Å². The molecule has 41 heavy (non-hydrogen) atoms. The molecule has 0 bridgehead atoms. The molecule has 0 amide bonds. The molecule has 0 aromatic heterocycles. The molecule has 0 rings (SSSR count). The standard InChI is InChI=1S/C32H66NO7P/c1-3-5-7-9-11-13-14-15-16-18-20-22-24-27-37-29-31(30-39-41(35,36)38-28-26-33)40-32(34)25-23-21-19-17-12-10-8-6-4-2/h31H,3-30,33H2,1-2H3,(H,35,36). The highest BCUT2D eigenvalue weighted by Gasteiger charge is 2.25. The van der Waals surface area contributed by atoms with E-state index < -0.39 is 13.9 Å². The summed E-state index contributed by atoms with van der Waals surface area (Å²) in [6.07, 6.45) is 26.8. The number of nitrogens with two attached hydrogens (primary N) is 1. The molecule has 0 aliphatic carbocycles. The first-order valence-corrected chi connectivity index (χ1v) is 18.5. The van der Waals surface area contributed by atoms with E-state index in [9.17, 15) is 14.3 Å². The number of hydrogen-bond donors (Lipinski definition) is 2. The van der Waals surface area contributed by atoms with Crippen LogP contribution in [0.2, 0.25) is 0 Å². The van der Waals surface area contributed by atoms with Crippen LogP contribution in [0.5, 0.6) is 0 Å². The van der Waals surface area contributed by atoms with E-state index >= 15 is 0 Å². The van der Waals surface area contributed by atoms with Crippen LogP contribution in [0.1, 0.15) is 162 Å². The maximum Gasteiger partial charge on any atom is 0.472 e. The van der Waals surface area contributed by atoms with Crippen LogP contribution < -0.4 is 5.73 Å². The summed E-state index contributed by atoms with van der Waals surface area (Å²) in [5, 5.41) is 0. The van der Waals surface area contributed by atoms with Gasteiger partial charge in [-0.1, -0.05) is 142 Å². The van der Waals surface area contributed by atoms with Gasteiger partial charge in [0.25, 0.3) is 0 Å². The van der Waals surface area contributed by atoms with Crippen molar-refractivity contribution in [3.05, 3.63) is 0 Å². The Morgan fingerprint density at radius 3 is 1.54 bits per heavy atom. The predicted molar refractivity (Wildman–Crippen MR) is 169 cm³/mol. The van der Waals surface area contributed by atoms with Gasteiger partial charge in [0, 0.05) is 19.6 Å². The van der Waals surface area contributed by atoms with Crippen molar-refractivity contribution in [2.45, 2.75) is 168 Å². The second-order valence-corrected chi connectivity index (χ2v) is 12.8. The maximum absolute atomic E-state index is 12.4. The lowest BCUT2D eigenvalue weighted by Gasteiger charge is -2.20. The first kappa shape index (κ1) is 40.5. The summed E-state index contributed by atoms with van der Waals surface area (Å²) in [5.41, 5.74) is 5.33. The minimum Gasteiger partial charge on any atom is -0.457 e. The van der Waals surface area contributed by atoms with E-state index in [0.29, 0.717) is 13.0 Å². The molecule has 0 aromatic rings. The van der Waals surface area contributed by atoms with E-state index in [0.717, 1.165) is 32.1 Å². The predicted octanol–water partition coefficient (Wildman–Crippen LogP) is 9.02. The second-order valence-electron chi connectivity index (χ2n) is 11.4. The molecule has 2 atom stereocenters. The average Bonchev–Trinajstić information content (AvgIpc) is 2.96. The fourth-order valence-corrected chi connectivity index (χ4v) is 5.53. The van der Waals surface area contributed by atoms with E-state index in [1.54, 1.807) is 0 Å². The highest BCUT2D eigenvalue weighted by atomic mass is 31.2. The molecule has 0 saturated carbocycles. The Morgan fingerprint density at radius 1 is 0.634 bits per heavy atom. The number of hydrogen-bond acceptors (Lipinski definition) is 7. The van der Waals surface area contributed by atoms with Gasteiger partial charge in [0.2, 0.25) is 0 Å². The first-order chi connectivity index (χ1) is 19.9. The van der Waals surface area contributed by atoms with Crippen LogP contribution >= 0.6 is 7.82 Å². The van der Waals surface area contributed by atoms with Gasteiger partial charge < -0.3 is 20.1 Å². The molecule has 8 nitrogen and oxygen atoms in total. The van der Waals surface area contributed by atoms with Crippen LogP contribution in [-0.2, 0) is 27.9 Å². The quantitative estimate of drug-likeness (QED) is 0.0431. The molecule has 0 fully saturated rings. The molecular weight excluding hydrogens is 541 g/mol. The van der Waals surface area contributed by atoms with Gasteiger partial charge in [-0.15, -0.1) is 0 Å². The first-order valence-electron chi connectivity index (χ1n) is 17.0. The van der Waals surface area contributed by atoms with Crippen molar-refractivity contribution < 1.29 is 32.8 Å². The topological polar surface area (TPSA) is 117 Å². The summed E-state index contributed by atoms with van der Waals surface area (Å²) in [4.78, 5) is 22.2. The molecule has 0 spiro atoms. The van der Waals surface area contributed by atoms with Crippen molar-refractivity contribution in [2.75, 3.05) is 33.0 Å². The fourth-order valence-electron chi connectivity index (χ4n) is 4.76. The molecule has 0 aliphatic heterocycles. The van der Waals surface area contributed by atoms with Gasteiger partial charge >= 0.3 is 13.8 Å². The highest BCUT2D eigenvalue weighted by Crippen LogP contribution is 2.43. The van der Waals surface area contributed by atoms with Gasteiger partial charge in [0.05, 0.1) is 19.8 Å². The zero-order valence-electron chi connectivity index (χ0n) is 26.8. The lowest BCUT2D eigenvalue weighted by Crippen LogP contribution is -2.28. The Kier molecular flexibility index (Phi) is 30.6. The van der Waals surface area contributed by atoms with Gasteiger partial charge in [0.1, 0.15) is 6.10 Å². The molecule has 0 aliphatic rings. The normalized spacial score (nSPS) is 13.8. The lowest BCUT2D eigenvalue weighted by molar-refractivity contribution is -0.154. The molecule has 9 heteroatoms. The Morgan fingerprint density at radius 2 is 1.07 bits per heavy atom. The molecular formula is C32H66NO7P. The van der Waals surface area contributed by atoms with Gasteiger partial charge in [-0.2, -0.15) is 0 Å². The van der Waals surface area contributed by atoms with Crippen LogP contribution in [-0.4, -0.2) is 49.9 Å². The molecule has 0 saturated heterocycles. The summed E-state index contributed by atoms with van der Waals surface area (Å²) >= 11 is 0. The Balaban J connectivity index is 4.09. The summed E-state index contributed by atoms with van der Waals surface area (Å²) < 4.78 is 33.1. The summed E-state index contributed by atoms with van der Waals surface area (Å²) in [6.45, 7) is 4.92. The third kappa shape index (κ3) is 30.8. The summed E-state index contributed by atoms with van der Waals surface area (Å²) in [5.74, 6) is -0.332. The molecule has 0 radical (unpaired) electrons. The van der Waals surface area contributed by atoms with Crippen molar-refractivity contribution in [1.82, 2.24) is 0 Å². The number of phosphoric ester groups is 1. The van der Waals surface area contributed by atoms with E-state index in [1.807, 2.05) is 0 Å². The van der Waals surface area contributed by atoms with Gasteiger partial charge in [-0.25, -0.2) is 4.57 Å². The molecule has 3 N–H and O–H groups in total. The number of carbonyl (C=O) groups excluding carboxylic acids is 1. The van der Waals surface area contributed by atoms with Gasteiger partial charge in [-0.05, 0) is 12.8 Å². The van der Waals surface area contributed by atoms with Crippen molar-refractivity contribution in [3.8, 4) is 0 Å². The molecule has 0 aromatic carbocycles. The fraction of sp³-hybridized carbons (Fsp3) is 0.969. The third-order valence-electron chi connectivity index (χ3n) is 7.27. The Bertz CT molecular complexity index is 609. The van der Waals surface area contributed by atoms with E-state index in [4.69, 9.17) is 24.3 Å². The largest absolute Gasteiger partial charge is 0.472 e. The highest BCUT2D eigenvalue weighted by molar-refractivity contribution is 7.47. The minimum absolute atomic E-state index is 0.0909. The SMILES string of the molecule is CCCCCCCCCCCCCCCOCC(COP(=O)(O)OCCN)OC(=O)CCCCCCCCCCC. The number of ether oxygens (including phenoxy) is 2. The number of rotatable bonds is 33. The van der Waals surface area contributed by atoms with Crippen LogP contribution in [0.4, 0.5) is 0 Å². The van der Waals surface area contributed by atoms with Crippen molar-refractivity contribution in [3.63, 3.8) is 0 Å². The smallest absolute Gasteiger partial charge is 0.457 e. The van der Waals surface area contributed by atoms with E-state index in [1.165, 1.54) is 109 Å². The van der Waals surface area contributed by atoms with E-state index in [2.05, 4.69) is 13.8 Å². The third-order valence-corrected chi connectivity index (χ3v) is 8.26. The van der Waals surface area contributed by atoms with Gasteiger partial charge in [-0.3, -0.25) is 13.8 Å². The maximum atomic E-state index is 12.4. The second kappa shape index (κ2) is 30.9. The minimum atomic E-state index is -4.25. The number of carbonyl (C=O) groups is 1. The van der Waals surface area contributed by atoms with Crippen molar-refractivity contribution in [2.24, 2.45) is 5.73 Å². The summed E-state index contributed by atoms with van der Waals surface area (Å²) in [7, 11) is -4.25. The van der Waals surface area contributed by atoms with Crippen molar-refractivity contribution >= 4 is 13.8 Å².